The first-order valence-electron chi connectivity index (χ1n) is 7.15. The van der Waals surface area contributed by atoms with E-state index in [2.05, 4.69) is 39.9 Å². The maximum absolute atomic E-state index is 3.72. The molecule has 1 N–H and O–H groups in total. The molecule has 3 unspecified atom stereocenters. The summed E-state index contributed by atoms with van der Waals surface area (Å²) in [5, 5.41) is 3.72. The molecule has 3 atom stereocenters. The minimum Gasteiger partial charge on any atom is -0.314 e. The van der Waals surface area contributed by atoms with E-state index < -0.39 is 0 Å². The van der Waals surface area contributed by atoms with Gasteiger partial charge in [-0.2, -0.15) is 0 Å². The smallest absolute Gasteiger partial charge is 0.00955 e. The molecule has 1 nitrogen and oxygen atoms in total. The van der Waals surface area contributed by atoms with Gasteiger partial charge in [0.25, 0.3) is 0 Å². The molecule has 0 spiro atoms. The third kappa shape index (κ3) is 4.86. The lowest BCUT2D eigenvalue weighted by Gasteiger charge is -2.28. The molecular formula is C15H31N. The average Bonchev–Trinajstić information content (AvgIpc) is 2.57. The van der Waals surface area contributed by atoms with Crippen molar-refractivity contribution in [2.45, 2.75) is 72.8 Å². The fourth-order valence-electron chi connectivity index (χ4n) is 2.97. The van der Waals surface area contributed by atoms with E-state index in [9.17, 15) is 0 Å². The molecule has 0 aliphatic heterocycles. The van der Waals surface area contributed by atoms with Gasteiger partial charge in [0.1, 0.15) is 0 Å². The average molecular weight is 225 g/mol. The Hall–Kier alpha value is -0.0400. The van der Waals surface area contributed by atoms with Crippen LogP contribution in [0.4, 0.5) is 0 Å². The van der Waals surface area contributed by atoms with Crippen LogP contribution in [0.5, 0.6) is 0 Å². The van der Waals surface area contributed by atoms with Gasteiger partial charge in [0.2, 0.25) is 0 Å². The zero-order valence-electron chi connectivity index (χ0n) is 12.0. The van der Waals surface area contributed by atoms with Crippen LogP contribution in [-0.2, 0) is 0 Å². The van der Waals surface area contributed by atoms with Crippen molar-refractivity contribution < 1.29 is 0 Å². The first-order chi connectivity index (χ1) is 7.42. The van der Waals surface area contributed by atoms with E-state index in [0.717, 1.165) is 24.4 Å². The first kappa shape index (κ1) is 14.0. The summed E-state index contributed by atoms with van der Waals surface area (Å²) in [6, 6.07) is 0.772. The van der Waals surface area contributed by atoms with E-state index in [1.54, 1.807) is 0 Å². The second-order valence-corrected chi connectivity index (χ2v) is 6.94. The second kappa shape index (κ2) is 6.05. The van der Waals surface area contributed by atoms with Gasteiger partial charge in [0.05, 0.1) is 0 Å². The summed E-state index contributed by atoms with van der Waals surface area (Å²) in [7, 11) is 0. The van der Waals surface area contributed by atoms with Gasteiger partial charge in [-0.15, -0.1) is 0 Å². The third-order valence-corrected chi connectivity index (χ3v) is 3.98. The van der Waals surface area contributed by atoms with Gasteiger partial charge in [-0.25, -0.2) is 0 Å². The minimum atomic E-state index is 0.484. The standard InChI is InChI=1S/C15H31N/c1-6-16-14(9-10-15(3,4)5)13-8-7-12(2)11-13/h12-14,16H,6-11H2,1-5H3. The fraction of sp³-hybridized carbons (Fsp3) is 1.00. The number of hydrogen-bond acceptors (Lipinski definition) is 1. The summed E-state index contributed by atoms with van der Waals surface area (Å²) >= 11 is 0. The summed E-state index contributed by atoms with van der Waals surface area (Å²) in [6.07, 6.45) is 7.04. The van der Waals surface area contributed by atoms with Crippen LogP contribution in [0.1, 0.15) is 66.7 Å². The van der Waals surface area contributed by atoms with Crippen molar-refractivity contribution in [1.82, 2.24) is 5.32 Å². The molecule has 0 heterocycles. The largest absolute Gasteiger partial charge is 0.314 e. The Morgan fingerprint density at radius 1 is 1.25 bits per heavy atom. The molecule has 1 heteroatoms. The Kier molecular flexibility index (Phi) is 5.30. The molecule has 0 amide bonds. The monoisotopic (exact) mass is 225 g/mol. The van der Waals surface area contributed by atoms with Crippen LogP contribution in [0.3, 0.4) is 0 Å². The van der Waals surface area contributed by atoms with Gasteiger partial charge >= 0.3 is 0 Å². The molecule has 0 aromatic heterocycles. The van der Waals surface area contributed by atoms with E-state index in [1.165, 1.54) is 32.1 Å². The molecule has 0 radical (unpaired) electrons. The molecular weight excluding hydrogens is 194 g/mol. The van der Waals surface area contributed by atoms with E-state index in [1.807, 2.05) is 0 Å². The highest BCUT2D eigenvalue weighted by atomic mass is 14.9. The molecule has 1 rings (SSSR count). The van der Waals surface area contributed by atoms with Gasteiger partial charge in [-0.05, 0) is 49.5 Å². The zero-order valence-corrected chi connectivity index (χ0v) is 12.0. The predicted molar refractivity (Wildman–Crippen MR) is 72.7 cm³/mol. The Labute approximate surface area is 102 Å². The van der Waals surface area contributed by atoms with Crippen LogP contribution >= 0.6 is 0 Å². The van der Waals surface area contributed by atoms with Gasteiger partial charge in [-0.1, -0.05) is 41.0 Å². The van der Waals surface area contributed by atoms with Crippen LogP contribution < -0.4 is 5.32 Å². The molecule has 1 aliphatic carbocycles. The summed E-state index contributed by atoms with van der Waals surface area (Å²) < 4.78 is 0. The van der Waals surface area contributed by atoms with Crippen molar-refractivity contribution >= 4 is 0 Å². The Balaban J connectivity index is 2.41. The van der Waals surface area contributed by atoms with E-state index in [-0.39, 0.29) is 0 Å². The van der Waals surface area contributed by atoms with Crippen molar-refractivity contribution in [3.63, 3.8) is 0 Å². The molecule has 1 aliphatic rings. The van der Waals surface area contributed by atoms with Crippen LogP contribution in [0, 0.1) is 17.3 Å². The highest BCUT2D eigenvalue weighted by Gasteiger charge is 2.28. The Bertz CT molecular complexity index is 192. The number of nitrogens with one attached hydrogen (secondary N) is 1. The topological polar surface area (TPSA) is 12.0 Å². The molecule has 1 saturated carbocycles. The highest BCUT2D eigenvalue weighted by Crippen LogP contribution is 2.35. The molecule has 96 valence electrons. The molecule has 0 aromatic rings. The normalized spacial score (nSPS) is 28.3. The van der Waals surface area contributed by atoms with Crippen LogP contribution in [0.15, 0.2) is 0 Å². The summed E-state index contributed by atoms with van der Waals surface area (Å²) in [5.74, 6) is 1.90. The van der Waals surface area contributed by atoms with Crippen LogP contribution in [0.2, 0.25) is 0 Å². The zero-order chi connectivity index (χ0) is 12.2. The molecule has 1 fully saturated rings. The Morgan fingerprint density at radius 2 is 1.94 bits per heavy atom. The molecule has 0 aromatic carbocycles. The number of rotatable bonds is 5. The van der Waals surface area contributed by atoms with Crippen molar-refractivity contribution in [3.05, 3.63) is 0 Å². The Morgan fingerprint density at radius 3 is 2.38 bits per heavy atom. The minimum absolute atomic E-state index is 0.484. The highest BCUT2D eigenvalue weighted by molar-refractivity contribution is 4.84. The maximum atomic E-state index is 3.72. The number of hydrogen-bond donors (Lipinski definition) is 1. The van der Waals surface area contributed by atoms with E-state index in [4.69, 9.17) is 0 Å². The fourth-order valence-corrected chi connectivity index (χ4v) is 2.97. The van der Waals surface area contributed by atoms with E-state index in [0.29, 0.717) is 5.41 Å². The lowest BCUT2D eigenvalue weighted by Crippen LogP contribution is -2.36. The van der Waals surface area contributed by atoms with Crippen molar-refractivity contribution in [2.75, 3.05) is 6.54 Å². The summed E-state index contributed by atoms with van der Waals surface area (Å²) in [5.41, 5.74) is 0.484. The molecule has 0 saturated heterocycles. The van der Waals surface area contributed by atoms with Gasteiger partial charge in [0.15, 0.2) is 0 Å². The SMILES string of the molecule is CCNC(CCC(C)(C)C)C1CCC(C)C1. The quantitative estimate of drug-likeness (QED) is 0.738. The van der Waals surface area contributed by atoms with Gasteiger partial charge in [-0.3, -0.25) is 0 Å². The van der Waals surface area contributed by atoms with Crippen molar-refractivity contribution in [1.29, 1.82) is 0 Å². The summed E-state index contributed by atoms with van der Waals surface area (Å²) in [6.45, 7) is 12.8. The second-order valence-electron chi connectivity index (χ2n) is 6.94. The predicted octanol–water partition coefficient (Wildman–Crippen LogP) is 4.23. The van der Waals surface area contributed by atoms with Gasteiger partial charge < -0.3 is 5.32 Å². The van der Waals surface area contributed by atoms with Crippen molar-refractivity contribution in [3.8, 4) is 0 Å². The lowest BCUT2D eigenvalue weighted by atomic mass is 9.84. The maximum Gasteiger partial charge on any atom is 0.00955 e. The molecule has 16 heavy (non-hydrogen) atoms. The van der Waals surface area contributed by atoms with Crippen molar-refractivity contribution in [2.24, 2.45) is 17.3 Å². The first-order valence-corrected chi connectivity index (χ1v) is 7.15. The summed E-state index contributed by atoms with van der Waals surface area (Å²) in [4.78, 5) is 0. The van der Waals surface area contributed by atoms with Gasteiger partial charge in [0, 0.05) is 6.04 Å². The van der Waals surface area contributed by atoms with E-state index >= 15 is 0 Å². The van der Waals surface area contributed by atoms with Crippen LogP contribution in [0.25, 0.3) is 0 Å². The van der Waals surface area contributed by atoms with Crippen LogP contribution in [-0.4, -0.2) is 12.6 Å². The molecule has 0 bridgehead atoms. The third-order valence-electron chi connectivity index (χ3n) is 3.98. The lowest BCUT2D eigenvalue weighted by molar-refractivity contribution is 0.278.